The highest BCUT2D eigenvalue weighted by Gasteiger charge is 2.15. The van der Waals surface area contributed by atoms with Crippen LogP contribution >= 0.6 is 0 Å². The average molecular weight is 317 g/mol. The van der Waals surface area contributed by atoms with Crippen molar-refractivity contribution in [1.82, 2.24) is 35.2 Å². The Kier molecular flexibility index (Phi) is 4.89. The quantitative estimate of drug-likeness (QED) is 0.864. The van der Waals surface area contributed by atoms with Crippen molar-refractivity contribution in [3.63, 3.8) is 0 Å². The Morgan fingerprint density at radius 2 is 2.26 bits per heavy atom. The highest BCUT2D eigenvalue weighted by atomic mass is 16.2. The molecule has 8 heteroatoms. The minimum Gasteiger partial charge on any atom is -0.334 e. The lowest BCUT2D eigenvalue weighted by molar-refractivity contribution is 0.235. The van der Waals surface area contributed by atoms with E-state index in [1.165, 1.54) is 6.42 Å². The Morgan fingerprint density at radius 3 is 3.09 bits per heavy atom. The summed E-state index contributed by atoms with van der Waals surface area (Å²) in [4.78, 5) is 12.0. The Bertz CT molecular complexity index is 634. The molecule has 0 spiro atoms. The molecular formula is C15H23N7O. The fourth-order valence-corrected chi connectivity index (χ4v) is 2.84. The first-order valence-electron chi connectivity index (χ1n) is 8.15. The molecule has 0 saturated heterocycles. The molecule has 0 radical (unpaired) electrons. The summed E-state index contributed by atoms with van der Waals surface area (Å²) >= 11 is 0. The number of aryl methyl sites for hydroxylation is 1. The van der Waals surface area contributed by atoms with E-state index in [1.807, 2.05) is 19.2 Å². The van der Waals surface area contributed by atoms with Gasteiger partial charge >= 0.3 is 6.03 Å². The molecule has 3 heterocycles. The maximum absolute atomic E-state index is 12.0. The van der Waals surface area contributed by atoms with E-state index >= 15 is 0 Å². The molecule has 0 unspecified atom stereocenters. The number of hydrogen-bond donors (Lipinski definition) is 2. The topological polar surface area (TPSA) is 89.7 Å². The second kappa shape index (κ2) is 7.26. The zero-order chi connectivity index (χ0) is 16.1. The summed E-state index contributed by atoms with van der Waals surface area (Å²) in [5.74, 6) is 1.86. The molecule has 0 aliphatic carbocycles. The zero-order valence-corrected chi connectivity index (χ0v) is 13.4. The second-order valence-corrected chi connectivity index (χ2v) is 5.95. The van der Waals surface area contributed by atoms with Gasteiger partial charge in [0, 0.05) is 31.4 Å². The number of carbonyl (C=O) groups excluding carboxylic acids is 1. The third-order valence-corrected chi connectivity index (χ3v) is 3.99. The van der Waals surface area contributed by atoms with E-state index < -0.39 is 0 Å². The van der Waals surface area contributed by atoms with Gasteiger partial charge in [-0.2, -0.15) is 5.10 Å². The summed E-state index contributed by atoms with van der Waals surface area (Å²) < 4.78 is 3.93. The first kappa shape index (κ1) is 15.5. The predicted molar refractivity (Wildman–Crippen MR) is 84.6 cm³/mol. The van der Waals surface area contributed by atoms with Crippen LogP contribution < -0.4 is 10.6 Å². The smallest absolute Gasteiger partial charge is 0.315 e. The molecule has 23 heavy (non-hydrogen) atoms. The number of nitrogens with zero attached hydrogens (tertiary/aromatic N) is 5. The molecule has 3 rings (SSSR count). The molecule has 8 nitrogen and oxygen atoms in total. The molecule has 1 aliphatic rings. The first-order chi connectivity index (χ1) is 11.2. The molecule has 2 aromatic rings. The zero-order valence-electron chi connectivity index (χ0n) is 13.4. The van der Waals surface area contributed by atoms with E-state index in [-0.39, 0.29) is 12.1 Å². The van der Waals surface area contributed by atoms with Gasteiger partial charge in [0.2, 0.25) is 0 Å². The highest BCUT2D eigenvalue weighted by molar-refractivity contribution is 5.74. The molecule has 1 aliphatic heterocycles. The van der Waals surface area contributed by atoms with Gasteiger partial charge in [-0.1, -0.05) is 6.42 Å². The van der Waals surface area contributed by atoms with Gasteiger partial charge in [-0.25, -0.2) is 4.79 Å². The van der Waals surface area contributed by atoms with Gasteiger partial charge in [-0.15, -0.1) is 10.2 Å². The molecule has 124 valence electrons. The Labute approximate surface area is 135 Å². The number of urea groups is 1. The lowest BCUT2D eigenvalue weighted by Gasteiger charge is -2.15. The predicted octanol–water partition coefficient (Wildman–Crippen LogP) is 1.09. The molecule has 0 fully saturated rings. The normalized spacial score (nSPS) is 15.5. The lowest BCUT2D eigenvalue weighted by Crippen LogP contribution is -2.42. The van der Waals surface area contributed by atoms with Crippen molar-refractivity contribution in [2.75, 3.05) is 0 Å². The van der Waals surface area contributed by atoms with Crippen LogP contribution in [0.5, 0.6) is 0 Å². The van der Waals surface area contributed by atoms with E-state index in [4.69, 9.17) is 0 Å². The van der Waals surface area contributed by atoms with Crippen molar-refractivity contribution >= 4 is 6.03 Å². The van der Waals surface area contributed by atoms with Crippen LogP contribution in [0, 0.1) is 0 Å². The lowest BCUT2D eigenvalue weighted by atomic mass is 10.2. The van der Waals surface area contributed by atoms with Crippen LogP contribution in [0.4, 0.5) is 4.79 Å². The van der Waals surface area contributed by atoms with Crippen LogP contribution in [-0.2, 0) is 26.1 Å². The number of fused-ring (bicyclic) bond motifs is 1. The fourth-order valence-electron chi connectivity index (χ4n) is 2.84. The summed E-state index contributed by atoms with van der Waals surface area (Å²) in [5.41, 5.74) is 0. The number of nitrogens with one attached hydrogen (secondary N) is 2. The standard InChI is InChI=1S/C15H23N7O/c1-12(11-21-8-5-7-17-21)18-15(23)16-10-14-20-19-13-6-3-2-4-9-22(13)14/h5,7-8,12H,2-4,6,9-11H2,1H3,(H2,16,18,23)/t12-/m1/s1. The second-order valence-electron chi connectivity index (χ2n) is 5.95. The third kappa shape index (κ3) is 4.08. The van der Waals surface area contributed by atoms with E-state index in [9.17, 15) is 4.79 Å². The summed E-state index contributed by atoms with van der Waals surface area (Å²) in [6.07, 6.45) is 8.11. The van der Waals surface area contributed by atoms with E-state index in [0.29, 0.717) is 13.1 Å². The van der Waals surface area contributed by atoms with Crippen LogP contribution in [-0.4, -0.2) is 36.6 Å². The van der Waals surface area contributed by atoms with Crippen molar-refractivity contribution in [3.8, 4) is 0 Å². The van der Waals surface area contributed by atoms with Gasteiger partial charge in [-0.05, 0) is 25.8 Å². The van der Waals surface area contributed by atoms with Crippen LogP contribution in [0.15, 0.2) is 18.5 Å². The van der Waals surface area contributed by atoms with Gasteiger partial charge in [0.25, 0.3) is 0 Å². The van der Waals surface area contributed by atoms with Crippen molar-refractivity contribution in [2.24, 2.45) is 0 Å². The number of hydrogen-bond acceptors (Lipinski definition) is 4. The Hall–Kier alpha value is -2.38. The highest BCUT2D eigenvalue weighted by Crippen LogP contribution is 2.14. The molecular weight excluding hydrogens is 294 g/mol. The molecule has 0 bridgehead atoms. The monoisotopic (exact) mass is 317 g/mol. The van der Waals surface area contributed by atoms with Crippen LogP contribution in [0.25, 0.3) is 0 Å². The third-order valence-electron chi connectivity index (χ3n) is 3.99. The number of rotatable bonds is 5. The summed E-state index contributed by atoms with van der Waals surface area (Å²) in [5, 5.41) is 18.3. The summed E-state index contributed by atoms with van der Waals surface area (Å²) in [6.45, 7) is 3.93. The minimum atomic E-state index is -0.198. The molecule has 2 amide bonds. The van der Waals surface area contributed by atoms with Crippen molar-refractivity contribution in [2.45, 2.75) is 58.3 Å². The van der Waals surface area contributed by atoms with Gasteiger partial charge in [0.1, 0.15) is 5.82 Å². The van der Waals surface area contributed by atoms with E-state index in [2.05, 4.69) is 30.5 Å². The molecule has 2 aromatic heterocycles. The molecule has 2 N–H and O–H groups in total. The first-order valence-corrected chi connectivity index (χ1v) is 8.15. The Morgan fingerprint density at radius 1 is 1.35 bits per heavy atom. The number of aromatic nitrogens is 5. The SMILES string of the molecule is C[C@H](Cn1cccn1)NC(=O)NCc1nnc2n1CCCCC2. The van der Waals surface area contributed by atoms with Gasteiger partial charge in [0.05, 0.1) is 13.1 Å². The minimum absolute atomic E-state index is 0.00888. The van der Waals surface area contributed by atoms with Crippen molar-refractivity contribution in [1.29, 1.82) is 0 Å². The Balaban J connectivity index is 1.48. The molecule has 0 saturated carbocycles. The number of carbonyl (C=O) groups is 1. The number of amides is 2. The van der Waals surface area contributed by atoms with Gasteiger partial charge in [-0.3, -0.25) is 4.68 Å². The fraction of sp³-hybridized carbons (Fsp3) is 0.600. The van der Waals surface area contributed by atoms with E-state index in [0.717, 1.165) is 37.5 Å². The average Bonchev–Trinajstić information content (AvgIpc) is 3.10. The van der Waals surface area contributed by atoms with Crippen LogP contribution in [0.3, 0.4) is 0 Å². The van der Waals surface area contributed by atoms with Crippen LogP contribution in [0.2, 0.25) is 0 Å². The summed E-state index contributed by atoms with van der Waals surface area (Å²) in [7, 11) is 0. The maximum atomic E-state index is 12.0. The van der Waals surface area contributed by atoms with Crippen molar-refractivity contribution < 1.29 is 4.79 Å². The largest absolute Gasteiger partial charge is 0.334 e. The van der Waals surface area contributed by atoms with Crippen LogP contribution in [0.1, 0.15) is 37.8 Å². The maximum Gasteiger partial charge on any atom is 0.315 e. The van der Waals surface area contributed by atoms with Gasteiger partial charge < -0.3 is 15.2 Å². The van der Waals surface area contributed by atoms with E-state index in [1.54, 1.807) is 10.9 Å². The van der Waals surface area contributed by atoms with Crippen molar-refractivity contribution in [3.05, 3.63) is 30.1 Å². The van der Waals surface area contributed by atoms with Gasteiger partial charge in [0.15, 0.2) is 5.82 Å². The molecule has 0 aromatic carbocycles. The summed E-state index contributed by atoms with van der Waals surface area (Å²) in [6, 6.07) is 1.66. The molecule has 1 atom stereocenters.